The fourth-order valence-corrected chi connectivity index (χ4v) is 5.30. The normalized spacial score (nSPS) is 16.5. The van der Waals surface area contributed by atoms with Gasteiger partial charge in [0.2, 0.25) is 0 Å². The standard InChI is InChI=1S/C29H36N2/c1-6-22-12-10-13-23(7-2)28(22)27-16-15-25(21(5)30-27)19-31-18-17-24-11-8-9-14-26(24)29(31)20(3)4/h8-16,20,29H,6-7,17-19H2,1-5H3. The summed E-state index contributed by atoms with van der Waals surface area (Å²) in [4.78, 5) is 7.77. The van der Waals surface area contributed by atoms with Gasteiger partial charge in [-0.15, -0.1) is 0 Å². The van der Waals surface area contributed by atoms with E-state index < -0.39 is 0 Å². The molecule has 1 aliphatic rings. The van der Waals surface area contributed by atoms with Crippen LogP contribution in [-0.2, 0) is 25.8 Å². The average Bonchev–Trinajstić information content (AvgIpc) is 2.79. The van der Waals surface area contributed by atoms with Gasteiger partial charge in [0.05, 0.1) is 5.69 Å². The third-order valence-corrected chi connectivity index (χ3v) is 6.89. The highest BCUT2D eigenvalue weighted by Crippen LogP contribution is 2.36. The van der Waals surface area contributed by atoms with Crippen molar-refractivity contribution in [1.29, 1.82) is 0 Å². The molecule has 1 atom stereocenters. The Morgan fingerprint density at radius 2 is 1.61 bits per heavy atom. The Morgan fingerprint density at radius 1 is 0.903 bits per heavy atom. The van der Waals surface area contributed by atoms with Crippen LogP contribution in [0.25, 0.3) is 11.3 Å². The first-order valence-electron chi connectivity index (χ1n) is 11.9. The van der Waals surface area contributed by atoms with Crippen LogP contribution >= 0.6 is 0 Å². The molecular weight excluding hydrogens is 376 g/mol. The lowest BCUT2D eigenvalue weighted by Gasteiger charge is -2.40. The van der Waals surface area contributed by atoms with Gasteiger partial charge in [-0.2, -0.15) is 0 Å². The Balaban J connectivity index is 1.65. The maximum Gasteiger partial charge on any atom is 0.0710 e. The molecule has 0 saturated heterocycles. The highest BCUT2D eigenvalue weighted by Gasteiger charge is 2.29. The number of pyridine rings is 1. The molecule has 3 aromatic rings. The van der Waals surface area contributed by atoms with Crippen LogP contribution < -0.4 is 0 Å². The van der Waals surface area contributed by atoms with Gasteiger partial charge in [0, 0.05) is 30.4 Å². The van der Waals surface area contributed by atoms with Crippen LogP contribution in [0.5, 0.6) is 0 Å². The first-order chi connectivity index (χ1) is 15.0. The van der Waals surface area contributed by atoms with Crippen molar-refractivity contribution in [3.63, 3.8) is 0 Å². The molecule has 0 radical (unpaired) electrons. The average molecular weight is 413 g/mol. The van der Waals surface area contributed by atoms with Gasteiger partial charge in [0.15, 0.2) is 0 Å². The molecule has 2 heterocycles. The quantitative estimate of drug-likeness (QED) is 0.436. The number of fused-ring (bicyclic) bond motifs is 1. The highest BCUT2D eigenvalue weighted by atomic mass is 15.2. The number of nitrogens with zero attached hydrogens (tertiary/aromatic N) is 2. The number of rotatable bonds is 6. The van der Waals surface area contributed by atoms with Crippen molar-refractivity contribution in [3.8, 4) is 11.3 Å². The maximum atomic E-state index is 5.11. The van der Waals surface area contributed by atoms with E-state index in [-0.39, 0.29) is 0 Å². The summed E-state index contributed by atoms with van der Waals surface area (Å²) < 4.78 is 0. The Kier molecular flexibility index (Phi) is 6.57. The van der Waals surface area contributed by atoms with Crippen molar-refractivity contribution in [2.75, 3.05) is 6.54 Å². The summed E-state index contributed by atoms with van der Waals surface area (Å²) >= 11 is 0. The molecule has 0 N–H and O–H groups in total. The Labute approximate surface area is 188 Å². The van der Waals surface area contributed by atoms with Crippen molar-refractivity contribution in [1.82, 2.24) is 9.88 Å². The van der Waals surface area contributed by atoms with Gasteiger partial charge in [-0.3, -0.25) is 9.88 Å². The molecular formula is C29H36N2. The lowest BCUT2D eigenvalue weighted by Crippen LogP contribution is -2.37. The number of benzene rings is 2. The van der Waals surface area contributed by atoms with E-state index in [1.54, 1.807) is 0 Å². The molecule has 1 unspecified atom stereocenters. The van der Waals surface area contributed by atoms with Crippen LogP contribution in [0.3, 0.4) is 0 Å². The Morgan fingerprint density at radius 3 is 2.26 bits per heavy atom. The molecule has 0 amide bonds. The zero-order valence-electron chi connectivity index (χ0n) is 19.8. The van der Waals surface area contributed by atoms with E-state index in [2.05, 4.69) is 94.1 Å². The lowest BCUT2D eigenvalue weighted by atomic mass is 9.86. The van der Waals surface area contributed by atoms with Gasteiger partial charge in [0.1, 0.15) is 0 Å². The van der Waals surface area contributed by atoms with Gasteiger partial charge in [-0.1, -0.05) is 76.2 Å². The predicted octanol–water partition coefficient (Wildman–Crippen LogP) is 6.94. The predicted molar refractivity (Wildman–Crippen MR) is 131 cm³/mol. The largest absolute Gasteiger partial charge is 0.291 e. The summed E-state index contributed by atoms with van der Waals surface area (Å²) in [6.07, 6.45) is 3.21. The van der Waals surface area contributed by atoms with Crippen LogP contribution in [0.4, 0.5) is 0 Å². The van der Waals surface area contributed by atoms with Crippen LogP contribution in [0.2, 0.25) is 0 Å². The molecule has 1 aliphatic heterocycles. The second-order valence-corrected chi connectivity index (χ2v) is 9.21. The summed E-state index contributed by atoms with van der Waals surface area (Å²) in [7, 11) is 0. The van der Waals surface area contributed by atoms with Gasteiger partial charge in [-0.05, 0) is 66.0 Å². The topological polar surface area (TPSA) is 16.1 Å². The summed E-state index contributed by atoms with van der Waals surface area (Å²) in [6, 6.07) is 20.7. The molecule has 0 fully saturated rings. The Bertz CT molecular complexity index is 1030. The molecule has 0 bridgehead atoms. The van der Waals surface area contributed by atoms with Crippen molar-refractivity contribution in [2.24, 2.45) is 5.92 Å². The van der Waals surface area contributed by atoms with E-state index in [0.717, 1.165) is 43.7 Å². The summed E-state index contributed by atoms with van der Waals surface area (Å²) in [6.45, 7) is 13.4. The van der Waals surface area contributed by atoms with Gasteiger partial charge in [-0.25, -0.2) is 0 Å². The van der Waals surface area contributed by atoms with E-state index in [9.17, 15) is 0 Å². The third kappa shape index (κ3) is 4.32. The minimum absolute atomic E-state index is 0.469. The zero-order chi connectivity index (χ0) is 22.0. The monoisotopic (exact) mass is 412 g/mol. The molecule has 2 nitrogen and oxygen atoms in total. The van der Waals surface area contributed by atoms with E-state index in [1.807, 2.05) is 0 Å². The molecule has 1 aromatic heterocycles. The SMILES string of the molecule is CCc1cccc(CC)c1-c1ccc(CN2CCc3ccccc3C2C(C)C)c(C)n1. The highest BCUT2D eigenvalue weighted by molar-refractivity contribution is 5.68. The summed E-state index contributed by atoms with van der Waals surface area (Å²) in [5.74, 6) is 0.581. The second kappa shape index (κ2) is 9.36. The second-order valence-electron chi connectivity index (χ2n) is 9.21. The van der Waals surface area contributed by atoms with E-state index in [4.69, 9.17) is 4.98 Å². The van der Waals surface area contributed by atoms with Crippen molar-refractivity contribution >= 4 is 0 Å². The van der Waals surface area contributed by atoms with Crippen molar-refractivity contribution < 1.29 is 0 Å². The number of aromatic nitrogens is 1. The first kappa shape index (κ1) is 21.8. The Hall–Kier alpha value is -2.45. The summed E-state index contributed by atoms with van der Waals surface area (Å²) in [5.41, 5.74) is 10.8. The van der Waals surface area contributed by atoms with Crippen LogP contribution in [0, 0.1) is 12.8 Å². The third-order valence-electron chi connectivity index (χ3n) is 6.89. The van der Waals surface area contributed by atoms with Crippen LogP contribution in [-0.4, -0.2) is 16.4 Å². The molecule has 162 valence electrons. The molecule has 4 rings (SSSR count). The number of aryl methyl sites for hydroxylation is 3. The molecule has 2 heteroatoms. The zero-order valence-corrected chi connectivity index (χ0v) is 19.8. The minimum Gasteiger partial charge on any atom is -0.291 e. The van der Waals surface area contributed by atoms with Gasteiger partial charge in [0.25, 0.3) is 0 Å². The fraction of sp³-hybridized carbons (Fsp3) is 0.414. The molecule has 0 saturated carbocycles. The first-order valence-corrected chi connectivity index (χ1v) is 11.9. The van der Waals surface area contributed by atoms with E-state index in [0.29, 0.717) is 12.0 Å². The van der Waals surface area contributed by atoms with Crippen molar-refractivity contribution in [3.05, 3.63) is 88.1 Å². The number of hydrogen-bond donors (Lipinski definition) is 0. The van der Waals surface area contributed by atoms with Crippen LogP contribution in [0.15, 0.2) is 54.6 Å². The minimum atomic E-state index is 0.469. The van der Waals surface area contributed by atoms with Gasteiger partial charge >= 0.3 is 0 Å². The van der Waals surface area contributed by atoms with E-state index >= 15 is 0 Å². The lowest BCUT2D eigenvalue weighted by molar-refractivity contribution is 0.135. The molecule has 2 aromatic carbocycles. The summed E-state index contributed by atoms with van der Waals surface area (Å²) in [5, 5.41) is 0. The van der Waals surface area contributed by atoms with Crippen LogP contribution in [0.1, 0.15) is 67.2 Å². The van der Waals surface area contributed by atoms with E-state index in [1.165, 1.54) is 33.4 Å². The van der Waals surface area contributed by atoms with Crippen molar-refractivity contribution in [2.45, 2.75) is 66.5 Å². The molecule has 0 aliphatic carbocycles. The fourth-order valence-electron chi connectivity index (χ4n) is 5.30. The molecule has 31 heavy (non-hydrogen) atoms. The number of hydrogen-bond acceptors (Lipinski definition) is 2. The van der Waals surface area contributed by atoms with Gasteiger partial charge < -0.3 is 0 Å². The maximum absolute atomic E-state index is 5.11. The smallest absolute Gasteiger partial charge is 0.0710 e. The molecule has 0 spiro atoms.